The van der Waals surface area contributed by atoms with Gasteiger partial charge in [-0.2, -0.15) is 0 Å². The molecule has 2 aliphatic rings. The molecule has 0 N–H and O–H groups in total. The second kappa shape index (κ2) is 5.75. The molecule has 0 aromatic heterocycles. The van der Waals surface area contributed by atoms with E-state index < -0.39 is 17.8 Å². The lowest BCUT2D eigenvalue weighted by atomic mass is 9.90. The molecule has 108 valence electrons. The zero-order chi connectivity index (χ0) is 13.9. The molecule has 2 heterocycles. The number of methoxy groups -OCH3 is 1. The zero-order valence-corrected chi connectivity index (χ0v) is 11.2. The summed E-state index contributed by atoms with van der Waals surface area (Å²) in [4.78, 5) is 25.1. The number of likely N-dealkylation sites (tertiary alicyclic amines) is 1. The van der Waals surface area contributed by atoms with Crippen molar-refractivity contribution in [2.45, 2.75) is 19.1 Å². The van der Waals surface area contributed by atoms with Crippen molar-refractivity contribution in [1.82, 2.24) is 4.90 Å². The highest BCUT2D eigenvalue weighted by atomic mass is 16.7. The van der Waals surface area contributed by atoms with Gasteiger partial charge in [-0.3, -0.25) is 4.79 Å². The zero-order valence-electron chi connectivity index (χ0n) is 11.2. The Kier molecular flexibility index (Phi) is 4.26. The number of esters is 1. The summed E-state index contributed by atoms with van der Waals surface area (Å²) in [5.74, 6) is -1.93. The molecule has 19 heavy (non-hydrogen) atoms. The van der Waals surface area contributed by atoms with Gasteiger partial charge in [0.1, 0.15) is 5.92 Å². The molecule has 2 aliphatic heterocycles. The average Bonchev–Trinajstić information content (AvgIpc) is 2.86. The van der Waals surface area contributed by atoms with Crippen LogP contribution in [0.25, 0.3) is 0 Å². The molecule has 2 fully saturated rings. The maximum Gasteiger partial charge on any atom is 0.409 e. The number of rotatable bonds is 2. The molecule has 2 saturated heterocycles. The molecule has 2 rings (SSSR count). The molecular formula is C12H19NO6. The summed E-state index contributed by atoms with van der Waals surface area (Å²) < 4.78 is 21.0. The summed E-state index contributed by atoms with van der Waals surface area (Å²) in [6.07, 6.45) is -0.00529. The second-order valence-corrected chi connectivity index (χ2v) is 4.49. The van der Waals surface area contributed by atoms with Crippen molar-refractivity contribution in [1.29, 1.82) is 0 Å². The lowest BCUT2D eigenvalue weighted by Crippen LogP contribution is -2.58. The van der Waals surface area contributed by atoms with Crippen molar-refractivity contribution < 1.29 is 28.5 Å². The van der Waals surface area contributed by atoms with Crippen molar-refractivity contribution in [3.8, 4) is 0 Å². The maximum absolute atomic E-state index is 12.0. The van der Waals surface area contributed by atoms with E-state index in [2.05, 4.69) is 0 Å². The van der Waals surface area contributed by atoms with E-state index >= 15 is 0 Å². The Hall–Kier alpha value is -1.34. The van der Waals surface area contributed by atoms with Gasteiger partial charge in [0.25, 0.3) is 0 Å². The summed E-state index contributed by atoms with van der Waals surface area (Å²) in [5, 5.41) is 0. The Bertz CT molecular complexity index is 352. The van der Waals surface area contributed by atoms with Crippen LogP contribution in [0.5, 0.6) is 0 Å². The molecule has 0 aromatic rings. The highest BCUT2D eigenvalue weighted by Gasteiger charge is 2.53. The summed E-state index contributed by atoms with van der Waals surface area (Å²) in [5.41, 5.74) is 0. The Morgan fingerprint density at radius 2 is 2.05 bits per heavy atom. The Balaban J connectivity index is 2.13. The first-order valence-corrected chi connectivity index (χ1v) is 6.40. The molecule has 0 aromatic carbocycles. The van der Waals surface area contributed by atoms with Crippen molar-refractivity contribution in [2.75, 3.05) is 40.0 Å². The van der Waals surface area contributed by atoms with Gasteiger partial charge in [-0.1, -0.05) is 0 Å². The number of nitrogens with zero attached hydrogens (tertiary/aromatic N) is 1. The third kappa shape index (κ3) is 2.66. The summed E-state index contributed by atoms with van der Waals surface area (Å²) in [7, 11) is 1.32. The van der Waals surface area contributed by atoms with Crippen molar-refractivity contribution in [3.63, 3.8) is 0 Å². The van der Waals surface area contributed by atoms with Gasteiger partial charge in [0.2, 0.25) is 0 Å². The average molecular weight is 273 g/mol. The molecule has 0 saturated carbocycles. The highest BCUT2D eigenvalue weighted by molar-refractivity contribution is 5.75. The van der Waals surface area contributed by atoms with Crippen LogP contribution in [0.15, 0.2) is 0 Å². The van der Waals surface area contributed by atoms with Gasteiger partial charge in [-0.15, -0.1) is 0 Å². The summed E-state index contributed by atoms with van der Waals surface area (Å²) >= 11 is 0. The second-order valence-electron chi connectivity index (χ2n) is 4.49. The molecule has 7 nitrogen and oxygen atoms in total. The van der Waals surface area contributed by atoms with Crippen LogP contribution in [0.2, 0.25) is 0 Å². The SMILES string of the molecule is CCOC(=O)[C@@H]1CCN(C(=O)OC)CC12OCCO2. The normalized spacial score (nSPS) is 25.4. The predicted molar refractivity (Wildman–Crippen MR) is 63.4 cm³/mol. The first kappa shape index (κ1) is 14.1. The third-order valence-corrected chi connectivity index (χ3v) is 3.41. The van der Waals surface area contributed by atoms with E-state index in [1.807, 2.05) is 0 Å². The maximum atomic E-state index is 12.0. The van der Waals surface area contributed by atoms with Gasteiger partial charge in [-0.25, -0.2) is 4.79 Å². The fourth-order valence-corrected chi connectivity index (χ4v) is 2.55. The third-order valence-electron chi connectivity index (χ3n) is 3.41. The summed E-state index contributed by atoms with van der Waals surface area (Å²) in [6.45, 7) is 3.49. The van der Waals surface area contributed by atoms with E-state index in [4.69, 9.17) is 18.9 Å². The van der Waals surface area contributed by atoms with Gasteiger partial charge in [0, 0.05) is 6.54 Å². The largest absolute Gasteiger partial charge is 0.466 e. The van der Waals surface area contributed by atoms with Crippen molar-refractivity contribution >= 4 is 12.1 Å². The highest BCUT2D eigenvalue weighted by Crippen LogP contribution is 2.36. The molecular weight excluding hydrogens is 254 g/mol. The molecule has 7 heteroatoms. The number of carbonyl (C=O) groups is 2. The quantitative estimate of drug-likeness (QED) is 0.677. The van der Waals surface area contributed by atoms with Gasteiger partial charge in [0.05, 0.1) is 33.5 Å². The molecule has 1 spiro atoms. The number of hydrogen-bond donors (Lipinski definition) is 0. The van der Waals surface area contributed by atoms with Crippen molar-refractivity contribution in [2.24, 2.45) is 5.92 Å². The Labute approximate surface area is 111 Å². The number of carbonyl (C=O) groups excluding carboxylic acids is 2. The van der Waals surface area contributed by atoms with Crippen LogP contribution in [0.1, 0.15) is 13.3 Å². The smallest absolute Gasteiger partial charge is 0.409 e. The number of ether oxygens (including phenoxy) is 4. The molecule has 1 amide bonds. The van der Waals surface area contributed by atoms with E-state index in [1.165, 1.54) is 12.0 Å². The number of hydrogen-bond acceptors (Lipinski definition) is 6. The molecule has 0 radical (unpaired) electrons. The monoisotopic (exact) mass is 273 g/mol. The van der Waals surface area contributed by atoms with Crippen molar-refractivity contribution in [3.05, 3.63) is 0 Å². The minimum absolute atomic E-state index is 0.184. The first-order chi connectivity index (χ1) is 9.13. The van der Waals surface area contributed by atoms with E-state index in [-0.39, 0.29) is 12.5 Å². The first-order valence-electron chi connectivity index (χ1n) is 6.40. The van der Waals surface area contributed by atoms with Gasteiger partial charge >= 0.3 is 12.1 Å². The standard InChI is InChI=1S/C12H19NO6/c1-3-17-10(14)9-4-5-13(11(15)16-2)8-12(9)18-6-7-19-12/h9H,3-8H2,1-2H3/t9-/m0/s1. The van der Waals surface area contributed by atoms with E-state index in [9.17, 15) is 9.59 Å². The lowest BCUT2D eigenvalue weighted by molar-refractivity contribution is -0.227. The van der Waals surface area contributed by atoms with Crippen LogP contribution in [0, 0.1) is 5.92 Å². The molecule has 0 bridgehead atoms. The van der Waals surface area contributed by atoms with Gasteiger partial charge in [0.15, 0.2) is 5.79 Å². The Morgan fingerprint density at radius 1 is 1.37 bits per heavy atom. The number of amides is 1. The lowest BCUT2D eigenvalue weighted by Gasteiger charge is -2.42. The van der Waals surface area contributed by atoms with Crippen LogP contribution >= 0.6 is 0 Å². The van der Waals surface area contributed by atoms with E-state index in [0.717, 1.165) is 0 Å². The predicted octanol–water partition coefficient (Wildman–Crippen LogP) is 0.381. The summed E-state index contributed by atoms with van der Waals surface area (Å²) in [6, 6.07) is 0. The van der Waals surface area contributed by atoms with Crippen LogP contribution in [0.4, 0.5) is 4.79 Å². The van der Waals surface area contributed by atoms with Crippen LogP contribution in [-0.4, -0.2) is 62.8 Å². The Morgan fingerprint density at radius 3 is 2.63 bits per heavy atom. The van der Waals surface area contributed by atoms with E-state index in [1.54, 1.807) is 6.92 Å². The molecule has 0 aliphatic carbocycles. The minimum atomic E-state index is -1.08. The minimum Gasteiger partial charge on any atom is -0.466 e. The van der Waals surface area contributed by atoms with Crippen LogP contribution in [0.3, 0.4) is 0 Å². The fraction of sp³-hybridized carbons (Fsp3) is 0.833. The van der Waals surface area contributed by atoms with Crippen LogP contribution < -0.4 is 0 Å². The van der Waals surface area contributed by atoms with E-state index in [0.29, 0.717) is 32.8 Å². The van der Waals surface area contributed by atoms with Gasteiger partial charge < -0.3 is 23.8 Å². The molecule has 1 atom stereocenters. The topological polar surface area (TPSA) is 74.3 Å². The van der Waals surface area contributed by atoms with Crippen LogP contribution in [-0.2, 0) is 23.7 Å². The van der Waals surface area contributed by atoms with Gasteiger partial charge in [-0.05, 0) is 13.3 Å². The molecule has 0 unspecified atom stereocenters. The number of piperidine rings is 1. The fourth-order valence-electron chi connectivity index (χ4n) is 2.55.